The van der Waals surface area contributed by atoms with Crippen LogP contribution in [0.15, 0.2) is 41.7 Å². The number of amidine groups is 1. The minimum atomic E-state index is 0.692. The van der Waals surface area contributed by atoms with Gasteiger partial charge in [-0.15, -0.1) is 5.73 Å². The molecule has 7 heteroatoms. The molecule has 2 aromatic rings. The molecule has 0 amide bonds. The average Bonchev–Trinajstić information content (AvgIpc) is 3.29. The quantitative estimate of drug-likeness (QED) is 0.480. The number of hydrogen-bond donors (Lipinski definition) is 4. The Morgan fingerprint density at radius 2 is 1.82 bits per heavy atom. The van der Waals surface area contributed by atoms with Gasteiger partial charge in [0.15, 0.2) is 5.84 Å². The third kappa shape index (κ3) is 7.59. The number of aromatic amines is 1. The first-order chi connectivity index (χ1) is 16.5. The van der Waals surface area contributed by atoms with Crippen LogP contribution in [0, 0.1) is 11.8 Å². The van der Waals surface area contributed by atoms with E-state index in [1.54, 1.807) is 0 Å². The minimum absolute atomic E-state index is 0.692. The fraction of sp³-hybridized carbons (Fsp3) is 0.519. The number of hydrogen-bond acceptors (Lipinski definition) is 6. The summed E-state index contributed by atoms with van der Waals surface area (Å²) in [6.07, 6.45) is 4.46. The Morgan fingerprint density at radius 3 is 2.35 bits per heavy atom. The number of aryl methyl sites for hydroxylation is 1. The lowest BCUT2D eigenvalue weighted by Gasteiger charge is -2.26. The summed E-state index contributed by atoms with van der Waals surface area (Å²) in [4.78, 5) is 4.76. The predicted octanol–water partition coefficient (Wildman–Crippen LogP) is 4.72. The molecule has 186 valence electrons. The summed E-state index contributed by atoms with van der Waals surface area (Å²) in [5, 5.41) is 14.4. The van der Waals surface area contributed by atoms with E-state index in [0.717, 1.165) is 68.5 Å². The van der Waals surface area contributed by atoms with Crippen molar-refractivity contribution in [2.75, 3.05) is 31.6 Å². The first-order valence-electron chi connectivity index (χ1n) is 12.5. The van der Waals surface area contributed by atoms with Gasteiger partial charge in [-0.05, 0) is 54.9 Å². The van der Waals surface area contributed by atoms with Crippen LogP contribution >= 0.6 is 0 Å². The highest BCUT2D eigenvalue weighted by Gasteiger charge is 2.28. The van der Waals surface area contributed by atoms with Gasteiger partial charge < -0.3 is 21.1 Å². The summed E-state index contributed by atoms with van der Waals surface area (Å²) in [7, 11) is 0. The molecule has 5 N–H and O–H groups in total. The molecule has 2 atom stereocenters. The number of anilines is 1. The molecule has 1 fully saturated rings. The lowest BCUT2D eigenvalue weighted by atomic mass is 9.80. The summed E-state index contributed by atoms with van der Waals surface area (Å²) < 4.78 is 5.01. The second-order valence-corrected chi connectivity index (χ2v) is 8.45. The molecule has 2 bridgehead atoms. The number of rotatable bonds is 2. The van der Waals surface area contributed by atoms with Gasteiger partial charge in [0.05, 0.1) is 18.9 Å². The molecule has 1 unspecified atom stereocenters. The molecule has 3 aliphatic rings. The summed E-state index contributed by atoms with van der Waals surface area (Å²) in [5.74, 6) is 2.29. The van der Waals surface area contributed by atoms with Crippen molar-refractivity contribution < 1.29 is 4.74 Å². The van der Waals surface area contributed by atoms with Crippen LogP contribution in [-0.4, -0.2) is 42.3 Å². The Kier molecular flexibility index (Phi) is 11.6. The topological polar surface area (TPSA) is 100 Å². The van der Waals surface area contributed by atoms with Gasteiger partial charge in [-0.3, -0.25) is 5.10 Å². The first kappa shape index (κ1) is 27.4. The number of aromatic nitrogens is 2. The van der Waals surface area contributed by atoms with Crippen molar-refractivity contribution in [2.45, 2.75) is 53.9 Å². The third-order valence-electron chi connectivity index (χ3n) is 6.05. The smallest absolute Gasteiger partial charge is 0.159 e. The van der Waals surface area contributed by atoms with Crippen LogP contribution in [0.25, 0.3) is 0 Å². The molecular weight excluding hydrogens is 424 g/mol. The Bertz CT molecular complexity index is 958. The van der Waals surface area contributed by atoms with Crippen molar-refractivity contribution in [3.8, 4) is 0 Å². The standard InChI is InChI=1S/C18H22N4.C4H9NO.C3H5N.C2H6/c1-4-12-7-13-9-14(8-12)20-18(19-13)17-15-5-10(2)11(3)6-16(15)21-22-17;1-3-6-4-2-5-1;1-2-3-4;1-2/h7-11H,4-6H2,1-3H3,(H,19,20)(H,21,22);5H,1-4H2;3H,1,4H2;1-2H3/t10?,11-;;;/m1.../s1. The number of nitrogens with one attached hydrogen (secondary N) is 3. The fourth-order valence-corrected chi connectivity index (χ4v) is 3.97. The van der Waals surface area contributed by atoms with Crippen molar-refractivity contribution in [2.24, 2.45) is 22.6 Å². The van der Waals surface area contributed by atoms with Gasteiger partial charge in [0.1, 0.15) is 5.69 Å². The number of nitrogens with two attached hydrogens (primary N) is 1. The van der Waals surface area contributed by atoms with Crippen molar-refractivity contribution in [1.82, 2.24) is 15.5 Å². The molecule has 7 nitrogen and oxygen atoms in total. The van der Waals surface area contributed by atoms with Gasteiger partial charge in [-0.25, -0.2) is 4.99 Å². The van der Waals surface area contributed by atoms with E-state index in [1.165, 1.54) is 23.0 Å². The van der Waals surface area contributed by atoms with Gasteiger partial charge in [-0.2, -0.15) is 5.10 Å². The molecular formula is C27H42N6O. The van der Waals surface area contributed by atoms with Gasteiger partial charge in [0.25, 0.3) is 0 Å². The molecule has 1 aromatic heterocycles. The van der Waals surface area contributed by atoms with Crippen LogP contribution < -0.4 is 16.4 Å². The number of fused-ring (bicyclic) bond motifs is 3. The summed E-state index contributed by atoms with van der Waals surface area (Å²) >= 11 is 0. The molecule has 34 heavy (non-hydrogen) atoms. The maximum atomic E-state index is 5.01. The van der Waals surface area contributed by atoms with E-state index in [2.05, 4.69) is 72.1 Å². The molecule has 2 aliphatic heterocycles. The molecule has 0 spiro atoms. The lowest BCUT2D eigenvalue weighted by molar-refractivity contribution is 0.109. The van der Waals surface area contributed by atoms with E-state index in [9.17, 15) is 0 Å². The minimum Gasteiger partial charge on any atom is -0.398 e. The summed E-state index contributed by atoms with van der Waals surface area (Å²) in [5.41, 5.74) is 14.2. The Labute approximate surface area is 205 Å². The summed E-state index contributed by atoms with van der Waals surface area (Å²) in [6, 6.07) is 6.45. The molecule has 1 saturated heterocycles. The number of ether oxygens (including phenoxy) is 1. The second kappa shape index (κ2) is 14.4. The zero-order valence-corrected chi connectivity index (χ0v) is 21.5. The second-order valence-electron chi connectivity index (χ2n) is 8.45. The molecule has 1 aromatic carbocycles. The van der Waals surface area contributed by atoms with E-state index >= 15 is 0 Å². The van der Waals surface area contributed by atoms with Gasteiger partial charge >= 0.3 is 0 Å². The molecule has 0 saturated carbocycles. The molecule has 5 rings (SSSR count). The van der Waals surface area contributed by atoms with Gasteiger partial charge in [0, 0.05) is 36.2 Å². The molecule has 1 aliphatic carbocycles. The molecule has 0 radical (unpaired) electrons. The number of benzene rings is 1. The first-order valence-corrected chi connectivity index (χ1v) is 12.5. The fourth-order valence-electron chi connectivity index (χ4n) is 3.97. The van der Waals surface area contributed by atoms with Crippen LogP contribution in [0.1, 0.15) is 57.1 Å². The predicted molar refractivity (Wildman–Crippen MR) is 143 cm³/mol. The number of H-pyrrole nitrogens is 1. The highest BCUT2D eigenvalue weighted by Crippen LogP contribution is 2.33. The van der Waals surface area contributed by atoms with Crippen molar-refractivity contribution in [3.63, 3.8) is 0 Å². The number of nitrogens with zero attached hydrogens (tertiary/aromatic N) is 2. The Hall–Kier alpha value is -2.86. The zero-order valence-electron chi connectivity index (χ0n) is 21.5. The normalized spacial score (nSPS) is 19.6. The van der Waals surface area contributed by atoms with Crippen molar-refractivity contribution in [1.29, 1.82) is 0 Å². The number of morpholine rings is 1. The largest absolute Gasteiger partial charge is 0.398 e. The maximum absolute atomic E-state index is 5.01. The average molecular weight is 467 g/mol. The van der Waals surface area contributed by atoms with E-state index in [-0.39, 0.29) is 0 Å². The van der Waals surface area contributed by atoms with Crippen LogP contribution in [-0.2, 0) is 24.0 Å². The van der Waals surface area contributed by atoms with Crippen LogP contribution in [0.4, 0.5) is 11.4 Å². The maximum Gasteiger partial charge on any atom is 0.159 e. The van der Waals surface area contributed by atoms with Crippen molar-refractivity contribution >= 4 is 17.2 Å². The Balaban J connectivity index is 0.000000283. The van der Waals surface area contributed by atoms with E-state index in [4.69, 9.17) is 15.5 Å². The number of aliphatic imine (C=N–C) groups is 1. The monoisotopic (exact) mass is 466 g/mol. The van der Waals surface area contributed by atoms with Gasteiger partial charge in [0.2, 0.25) is 0 Å². The Morgan fingerprint density at radius 1 is 1.15 bits per heavy atom. The lowest BCUT2D eigenvalue weighted by Crippen LogP contribution is -2.30. The van der Waals surface area contributed by atoms with E-state index < -0.39 is 0 Å². The zero-order chi connectivity index (χ0) is 24.9. The van der Waals surface area contributed by atoms with Crippen LogP contribution in [0.2, 0.25) is 0 Å². The van der Waals surface area contributed by atoms with Gasteiger partial charge in [-0.1, -0.05) is 41.2 Å². The van der Waals surface area contributed by atoms with E-state index in [0.29, 0.717) is 11.8 Å². The van der Waals surface area contributed by atoms with Crippen molar-refractivity contribution in [3.05, 3.63) is 59.2 Å². The van der Waals surface area contributed by atoms with Crippen LogP contribution in [0.5, 0.6) is 0 Å². The van der Waals surface area contributed by atoms with E-state index in [1.807, 2.05) is 13.8 Å². The highest BCUT2D eigenvalue weighted by molar-refractivity contribution is 6.10. The summed E-state index contributed by atoms with van der Waals surface area (Å²) in [6.45, 7) is 17.8. The highest BCUT2D eigenvalue weighted by atomic mass is 16.5. The molecule has 3 heterocycles. The third-order valence-corrected chi connectivity index (χ3v) is 6.05. The van der Waals surface area contributed by atoms with Crippen LogP contribution in [0.3, 0.4) is 0 Å². The SMILES string of the molecule is C1COCCN1.C=C=CN.CC.CCc1cc2cc(c1)NC(c1n[nH]c3c1CC(C)[C@H](C)C3)=N2.